The molecule has 0 saturated heterocycles. The molecule has 0 fully saturated rings. The molecular weight excluding hydrogens is 424 g/mol. The molecule has 7 nitrogen and oxygen atoms in total. The number of fused-ring (bicyclic) bond motifs is 2. The molecule has 1 aliphatic heterocycles. The maximum Gasteiger partial charge on any atom is 0.276 e. The number of anilines is 2. The van der Waals surface area contributed by atoms with Crippen LogP contribution in [0.3, 0.4) is 0 Å². The van der Waals surface area contributed by atoms with Gasteiger partial charge in [-0.25, -0.2) is 14.3 Å². The molecule has 3 aromatic heterocycles. The van der Waals surface area contributed by atoms with Crippen LogP contribution in [0.5, 0.6) is 0 Å². The van der Waals surface area contributed by atoms with Crippen LogP contribution >= 0.6 is 0 Å². The fourth-order valence-corrected chi connectivity index (χ4v) is 4.58. The lowest BCUT2D eigenvalue weighted by molar-refractivity contribution is 0.476. The van der Waals surface area contributed by atoms with E-state index in [1.165, 1.54) is 11.1 Å². The van der Waals surface area contributed by atoms with Gasteiger partial charge in [-0.3, -0.25) is 9.78 Å². The number of aromatic nitrogens is 4. The van der Waals surface area contributed by atoms with E-state index in [0.29, 0.717) is 11.2 Å². The van der Waals surface area contributed by atoms with E-state index in [0.717, 1.165) is 42.1 Å². The van der Waals surface area contributed by atoms with Gasteiger partial charge >= 0.3 is 0 Å². The first-order valence-corrected chi connectivity index (χ1v) is 11.9. The van der Waals surface area contributed by atoms with E-state index in [4.69, 9.17) is 0 Å². The summed E-state index contributed by atoms with van der Waals surface area (Å²) in [4.78, 5) is 22.5. The van der Waals surface area contributed by atoms with Crippen molar-refractivity contribution in [1.82, 2.24) is 24.6 Å². The molecule has 1 aromatic carbocycles. The van der Waals surface area contributed by atoms with Crippen LogP contribution in [0.2, 0.25) is 0 Å². The number of benzene rings is 1. The molecule has 0 amide bonds. The Labute approximate surface area is 199 Å². The van der Waals surface area contributed by atoms with Crippen LogP contribution in [0.4, 0.5) is 11.5 Å². The molecule has 176 valence electrons. The monoisotopic (exact) mass is 456 g/mol. The van der Waals surface area contributed by atoms with E-state index in [2.05, 4.69) is 65.6 Å². The summed E-state index contributed by atoms with van der Waals surface area (Å²) in [5.74, 6) is 0.709. The summed E-state index contributed by atoms with van der Waals surface area (Å²) in [5, 5.41) is 7.46. The van der Waals surface area contributed by atoms with Crippen molar-refractivity contribution in [3.63, 3.8) is 0 Å². The van der Waals surface area contributed by atoms with E-state index in [1.54, 1.807) is 10.9 Å². The third-order valence-corrected chi connectivity index (χ3v) is 6.38. The van der Waals surface area contributed by atoms with Gasteiger partial charge in [-0.2, -0.15) is 0 Å². The second-order valence-electron chi connectivity index (χ2n) is 10.3. The molecule has 7 heteroatoms. The Balaban J connectivity index is 1.63. The van der Waals surface area contributed by atoms with Crippen molar-refractivity contribution in [1.29, 1.82) is 0 Å². The molecule has 2 N–H and O–H groups in total. The molecule has 0 atom stereocenters. The zero-order valence-corrected chi connectivity index (χ0v) is 20.5. The Bertz CT molecular complexity index is 1420. The summed E-state index contributed by atoms with van der Waals surface area (Å²) in [5.41, 5.74) is 6.28. The van der Waals surface area contributed by atoms with Crippen molar-refractivity contribution >= 4 is 22.4 Å². The highest BCUT2D eigenvalue weighted by Gasteiger charge is 2.21. The summed E-state index contributed by atoms with van der Waals surface area (Å²) in [6, 6.07) is 12.4. The maximum atomic E-state index is 13.3. The highest BCUT2D eigenvalue weighted by atomic mass is 16.1. The average molecular weight is 457 g/mol. The maximum absolute atomic E-state index is 13.3. The Morgan fingerprint density at radius 1 is 1.06 bits per heavy atom. The van der Waals surface area contributed by atoms with Crippen LogP contribution in [0.25, 0.3) is 16.6 Å². The van der Waals surface area contributed by atoms with E-state index in [-0.39, 0.29) is 17.0 Å². The first-order valence-electron chi connectivity index (χ1n) is 11.9. The van der Waals surface area contributed by atoms with Gasteiger partial charge in [0.05, 0.1) is 16.6 Å². The van der Waals surface area contributed by atoms with Gasteiger partial charge in [0.15, 0.2) is 0 Å². The molecule has 34 heavy (non-hydrogen) atoms. The van der Waals surface area contributed by atoms with Crippen molar-refractivity contribution in [2.75, 3.05) is 11.9 Å². The molecule has 0 radical (unpaired) electrons. The highest BCUT2D eigenvalue weighted by molar-refractivity contribution is 5.83. The van der Waals surface area contributed by atoms with Crippen LogP contribution in [0.15, 0.2) is 53.6 Å². The van der Waals surface area contributed by atoms with Crippen LogP contribution < -0.4 is 16.2 Å². The topological polar surface area (TPSA) is 76.8 Å². The summed E-state index contributed by atoms with van der Waals surface area (Å²) in [7, 11) is 0. The van der Waals surface area contributed by atoms with Gasteiger partial charge in [0, 0.05) is 47.8 Å². The first-order chi connectivity index (χ1) is 16.2. The number of pyridine rings is 2. The van der Waals surface area contributed by atoms with Crippen molar-refractivity contribution in [3.05, 3.63) is 76.0 Å². The van der Waals surface area contributed by atoms with Gasteiger partial charge in [-0.05, 0) is 62.2 Å². The van der Waals surface area contributed by atoms with Crippen LogP contribution in [0.1, 0.15) is 57.5 Å². The quantitative estimate of drug-likeness (QED) is 0.459. The van der Waals surface area contributed by atoms with E-state index in [1.807, 2.05) is 36.9 Å². The molecule has 0 bridgehead atoms. The smallest absolute Gasteiger partial charge is 0.276 e. The van der Waals surface area contributed by atoms with Gasteiger partial charge in [-0.15, -0.1) is 0 Å². The molecule has 4 heterocycles. The lowest BCUT2D eigenvalue weighted by Gasteiger charge is -2.21. The zero-order chi connectivity index (χ0) is 24.0. The molecule has 0 spiro atoms. The fourth-order valence-electron chi connectivity index (χ4n) is 4.58. The van der Waals surface area contributed by atoms with Gasteiger partial charge in [-0.1, -0.05) is 26.8 Å². The zero-order valence-electron chi connectivity index (χ0n) is 20.5. The summed E-state index contributed by atoms with van der Waals surface area (Å²) >= 11 is 0. The number of rotatable bonds is 4. The van der Waals surface area contributed by atoms with Crippen molar-refractivity contribution in [2.24, 2.45) is 0 Å². The van der Waals surface area contributed by atoms with E-state index in [9.17, 15) is 4.79 Å². The molecule has 0 saturated carbocycles. The highest BCUT2D eigenvalue weighted by Crippen LogP contribution is 2.27. The second kappa shape index (κ2) is 8.40. The fraction of sp³-hybridized carbons (Fsp3) is 0.370. The lowest BCUT2D eigenvalue weighted by atomic mass is 9.91. The summed E-state index contributed by atoms with van der Waals surface area (Å²) in [6.07, 6.45) is 4.52. The number of nitrogens with zero attached hydrogens (tertiary/aromatic N) is 4. The lowest BCUT2D eigenvalue weighted by Crippen LogP contribution is -2.24. The number of hydrogen-bond donors (Lipinski definition) is 2. The normalized spacial score (nSPS) is 13.9. The van der Waals surface area contributed by atoms with Gasteiger partial charge in [0.2, 0.25) is 0 Å². The number of hydrogen-bond acceptors (Lipinski definition) is 5. The molecular formula is C27H32N6O. The minimum absolute atomic E-state index is 0.0168. The molecule has 5 rings (SSSR count). The third-order valence-electron chi connectivity index (χ3n) is 6.38. The minimum Gasteiger partial charge on any atom is -0.340 e. The van der Waals surface area contributed by atoms with E-state index < -0.39 is 0 Å². The van der Waals surface area contributed by atoms with Crippen LogP contribution in [-0.2, 0) is 18.4 Å². The van der Waals surface area contributed by atoms with Crippen LogP contribution in [0, 0.1) is 0 Å². The average Bonchev–Trinajstić information content (AvgIpc) is 3.10. The van der Waals surface area contributed by atoms with Crippen molar-refractivity contribution in [2.45, 2.75) is 59.0 Å². The summed E-state index contributed by atoms with van der Waals surface area (Å²) in [6.45, 7) is 12.4. The second-order valence-corrected chi connectivity index (χ2v) is 10.3. The third kappa shape index (κ3) is 4.01. The SMILES string of the molecule is CC(C)n1c(=O)c2cnc(Nc3ccc4c(c3)CCNC4)cc2n1-c1ccnc(C(C)(C)C)c1. The Hall–Kier alpha value is -3.45. The Morgan fingerprint density at radius 2 is 1.88 bits per heavy atom. The van der Waals surface area contributed by atoms with Crippen LogP contribution in [-0.4, -0.2) is 25.9 Å². The largest absolute Gasteiger partial charge is 0.340 e. The minimum atomic E-state index is -0.0990. The van der Waals surface area contributed by atoms with Crippen molar-refractivity contribution < 1.29 is 0 Å². The number of nitrogens with one attached hydrogen (secondary N) is 2. The van der Waals surface area contributed by atoms with Gasteiger partial charge in [0.25, 0.3) is 5.56 Å². The first kappa shape index (κ1) is 22.3. The van der Waals surface area contributed by atoms with Gasteiger partial charge < -0.3 is 10.6 Å². The van der Waals surface area contributed by atoms with Crippen molar-refractivity contribution in [3.8, 4) is 5.69 Å². The molecule has 4 aromatic rings. The molecule has 0 unspecified atom stereocenters. The Morgan fingerprint density at radius 3 is 2.65 bits per heavy atom. The predicted octanol–water partition coefficient (Wildman–Crippen LogP) is 4.85. The molecule has 1 aliphatic rings. The van der Waals surface area contributed by atoms with Gasteiger partial charge in [0.1, 0.15) is 5.82 Å². The Kier molecular flexibility index (Phi) is 5.52. The standard InChI is InChI=1S/C27H32N6O/c1-17(2)32-26(34)22-16-30-25(31-20-7-6-19-15-28-10-8-18(19)12-20)14-23(22)33(32)21-9-11-29-24(13-21)27(3,4)5/h6-7,9,11-14,16-17,28H,8,10,15H2,1-5H3,(H,30,31). The van der Waals surface area contributed by atoms with E-state index >= 15 is 0 Å². The summed E-state index contributed by atoms with van der Waals surface area (Å²) < 4.78 is 3.80. The predicted molar refractivity (Wildman–Crippen MR) is 137 cm³/mol. The molecule has 0 aliphatic carbocycles.